The summed E-state index contributed by atoms with van der Waals surface area (Å²) in [6.45, 7) is 4.20. The van der Waals surface area contributed by atoms with Crippen molar-refractivity contribution >= 4 is 23.2 Å². The highest BCUT2D eigenvalue weighted by molar-refractivity contribution is 6.35. The van der Waals surface area contributed by atoms with E-state index in [4.69, 9.17) is 11.6 Å². The molecule has 0 radical (unpaired) electrons. The fourth-order valence-electron chi connectivity index (χ4n) is 2.97. The van der Waals surface area contributed by atoms with E-state index in [9.17, 15) is 4.79 Å². The Morgan fingerprint density at radius 2 is 2.06 bits per heavy atom. The van der Waals surface area contributed by atoms with Crippen LogP contribution in [0.4, 0.5) is 5.69 Å². The molecular formula is C14H18ClNO. The zero-order valence-corrected chi connectivity index (χ0v) is 11.3. The number of halogens is 1. The molecule has 17 heavy (non-hydrogen) atoms. The summed E-state index contributed by atoms with van der Waals surface area (Å²) in [7, 11) is 1.82. The number of fused-ring (bicyclic) bond motifs is 1. The molecule has 1 aliphatic rings. The van der Waals surface area contributed by atoms with E-state index in [1.54, 1.807) is 4.90 Å². The van der Waals surface area contributed by atoms with Crippen LogP contribution in [0.15, 0.2) is 18.2 Å². The summed E-state index contributed by atoms with van der Waals surface area (Å²) in [6, 6.07) is 5.83. The van der Waals surface area contributed by atoms with Crippen LogP contribution in [-0.4, -0.2) is 13.0 Å². The molecule has 0 N–H and O–H groups in total. The van der Waals surface area contributed by atoms with Gasteiger partial charge in [0.05, 0.1) is 16.1 Å². The Bertz CT molecular complexity index is 458. The van der Waals surface area contributed by atoms with Crippen LogP contribution in [0.3, 0.4) is 0 Å². The predicted octanol–water partition coefficient (Wildman–Crippen LogP) is 3.76. The first kappa shape index (κ1) is 12.4. The van der Waals surface area contributed by atoms with E-state index in [0.717, 1.165) is 30.5 Å². The number of hydrogen-bond acceptors (Lipinski definition) is 1. The van der Waals surface area contributed by atoms with Crippen LogP contribution in [0.5, 0.6) is 0 Å². The van der Waals surface area contributed by atoms with E-state index in [-0.39, 0.29) is 11.3 Å². The summed E-state index contributed by atoms with van der Waals surface area (Å²) in [4.78, 5) is 14.2. The van der Waals surface area contributed by atoms with Crippen molar-refractivity contribution < 1.29 is 4.79 Å². The Hall–Kier alpha value is -1.02. The molecule has 1 aromatic carbocycles. The third-order valence-corrected chi connectivity index (χ3v) is 4.14. The van der Waals surface area contributed by atoms with Gasteiger partial charge in [-0.1, -0.05) is 44.0 Å². The van der Waals surface area contributed by atoms with E-state index in [1.807, 2.05) is 25.2 Å². The lowest BCUT2D eigenvalue weighted by atomic mass is 9.75. The van der Waals surface area contributed by atoms with Crippen LogP contribution in [0.1, 0.15) is 38.7 Å². The van der Waals surface area contributed by atoms with E-state index in [0.29, 0.717) is 5.02 Å². The maximum absolute atomic E-state index is 12.5. The first-order valence-corrected chi connectivity index (χ1v) is 6.53. The monoisotopic (exact) mass is 251 g/mol. The minimum atomic E-state index is -0.357. The second kappa shape index (κ2) is 4.34. The summed E-state index contributed by atoms with van der Waals surface area (Å²) >= 11 is 6.22. The molecule has 1 amide bonds. The van der Waals surface area contributed by atoms with Crippen LogP contribution >= 0.6 is 11.6 Å². The lowest BCUT2D eigenvalue weighted by Gasteiger charge is -2.26. The lowest BCUT2D eigenvalue weighted by molar-refractivity contribution is -0.123. The molecule has 2 nitrogen and oxygen atoms in total. The van der Waals surface area contributed by atoms with Gasteiger partial charge >= 0.3 is 0 Å². The standard InChI is InChI=1S/C14H18ClNO/c1-4-9-14(5-2)10-7-6-8-11(15)12(10)16(3)13(14)17/h6-8H,4-5,9H2,1-3H3. The molecule has 2 rings (SSSR count). The number of likely N-dealkylation sites (N-methyl/N-ethyl adjacent to an activating group) is 1. The highest BCUT2D eigenvalue weighted by atomic mass is 35.5. The molecule has 1 unspecified atom stereocenters. The maximum Gasteiger partial charge on any atom is 0.237 e. The van der Waals surface area contributed by atoms with Gasteiger partial charge in [-0.3, -0.25) is 4.79 Å². The Balaban J connectivity index is 2.65. The van der Waals surface area contributed by atoms with Gasteiger partial charge in [-0.05, 0) is 24.5 Å². The highest BCUT2D eigenvalue weighted by Gasteiger charge is 2.48. The van der Waals surface area contributed by atoms with Crippen LogP contribution in [0.25, 0.3) is 0 Å². The molecule has 0 bridgehead atoms. The maximum atomic E-state index is 12.5. The molecule has 3 heteroatoms. The van der Waals surface area contributed by atoms with E-state index in [1.165, 1.54) is 0 Å². The Kier molecular flexibility index (Phi) is 3.17. The van der Waals surface area contributed by atoms with Gasteiger partial charge in [0, 0.05) is 7.05 Å². The van der Waals surface area contributed by atoms with Crippen LogP contribution < -0.4 is 4.90 Å². The highest BCUT2D eigenvalue weighted by Crippen LogP contribution is 2.48. The van der Waals surface area contributed by atoms with Gasteiger partial charge in [-0.15, -0.1) is 0 Å². The minimum Gasteiger partial charge on any atom is -0.313 e. The molecule has 0 fully saturated rings. The zero-order valence-electron chi connectivity index (χ0n) is 10.6. The number of rotatable bonds is 3. The summed E-state index contributed by atoms with van der Waals surface area (Å²) in [5.74, 6) is 0.185. The summed E-state index contributed by atoms with van der Waals surface area (Å²) in [5.41, 5.74) is 1.64. The summed E-state index contributed by atoms with van der Waals surface area (Å²) in [6.07, 6.45) is 2.72. The first-order valence-electron chi connectivity index (χ1n) is 6.15. The fraction of sp³-hybridized carbons (Fsp3) is 0.500. The van der Waals surface area contributed by atoms with Crippen LogP contribution in [0, 0.1) is 0 Å². The van der Waals surface area contributed by atoms with Crippen molar-refractivity contribution in [3.8, 4) is 0 Å². The molecule has 0 saturated heterocycles. The van der Waals surface area contributed by atoms with Crippen molar-refractivity contribution in [1.82, 2.24) is 0 Å². The fourth-order valence-corrected chi connectivity index (χ4v) is 3.27. The third-order valence-electron chi connectivity index (χ3n) is 3.83. The largest absolute Gasteiger partial charge is 0.313 e. The average Bonchev–Trinajstić information content (AvgIpc) is 2.54. The second-order valence-electron chi connectivity index (χ2n) is 4.69. The van der Waals surface area contributed by atoms with Gasteiger partial charge in [0.2, 0.25) is 5.91 Å². The van der Waals surface area contributed by atoms with Gasteiger partial charge < -0.3 is 4.90 Å². The van der Waals surface area contributed by atoms with Gasteiger partial charge in [-0.25, -0.2) is 0 Å². The molecule has 1 aliphatic heterocycles. The average molecular weight is 252 g/mol. The molecular weight excluding hydrogens is 234 g/mol. The number of anilines is 1. The molecule has 0 aliphatic carbocycles. The lowest BCUT2D eigenvalue weighted by Crippen LogP contribution is -2.38. The molecule has 0 aromatic heterocycles. The number of benzene rings is 1. The summed E-state index contributed by atoms with van der Waals surface area (Å²) < 4.78 is 0. The number of para-hydroxylation sites is 1. The van der Waals surface area contributed by atoms with Crippen molar-refractivity contribution in [1.29, 1.82) is 0 Å². The van der Waals surface area contributed by atoms with Crippen molar-refractivity contribution in [3.63, 3.8) is 0 Å². The molecule has 92 valence electrons. The molecule has 0 saturated carbocycles. The Labute approximate surface area is 108 Å². The number of nitrogens with zero attached hydrogens (tertiary/aromatic N) is 1. The first-order chi connectivity index (χ1) is 8.08. The zero-order chi connectivity index (χ0) is 12.6. The SMILES string of the molecule is CCCC1(CC)C(=O)N(C)c2c(Cl)cccc21. The van der Waals surface area contributed by atoms with E-state index in [2.05, 4.69) is 13.8 Å². The number of carbonyl (C=O) groups excluding carboxylic acids is 1. The van der Waals surface area contributed by atoms with Crippen LogP contribution in [0.2, 0.25) is 5.02 Å². The van der Waals surface area contributed by atoms with Crippen molar-refractivity contribution in [2.75, 3.05) is 11.9 Å². The minimum absolute atomic E-state index is 0.185. The van der Waals surface area contributed by atoms with Crippen molar-refractivity contribution in [3.05, 3.63) is 28.8 Å². The van der Waals surface area contributed by atoms with Gasteiger partial charge in [-0.2, -0.15) is 0 Å². The molecule has 1 aromatic rings. The predicted molar refractivity (Wildman–Crippen MR) is 71.7 cm³/mol. The normalized spacial score (nSPS) is 23.1. The number of hydrogen-bond donors (Lipinski definition) is 0. The molecule has 1 atom stereocenters. The van der Waals surface area contributed by atoms with Crippen LogP contribution in [-0.2, 0) is 10.2 Å². The van der Waals surface area contributed by atoms with E-state index >= 15 is 0 Å². The summed E-state index contributed by atoms with van der Waals surface area (Å²) in [5, 5.41) is 0.671. The van der Waals surface area contributed by atoms with Gasteiger partial charge in [0.1, 0.15) is 0 Å². The molecule has 1 heterocycles. The van der Waals surface area contributed by atoms with Crippen molar-refractivity contribution in [2.45, 2.75) is 38.5 Å². The Morgan fingerprint density at radius 1 is 1.35 bits per heavy atom. The van der Waals surface area contributed by atoms with Gasteiger partial charge in [0.15, 0.2) is 0 Å². The third kappa shape index (κ3) is 1.58. The quantitative estimate of drug-likeness (QED) is 0.801. The number of amides is 1. The Morgan fingerprint density at radius 3 is 2.65 bits per heavy atom. The second-order valence-corrected chi connectivity index (χ2v) is 5.09. The topological polar surface area (TPSA) is 20.3 Å². The number of carbonyl (C=O) groups is 1. The molecule has 0 spiro atoms. The van der Waals surface area contributed by atoms with Gasteiger partial charge in [0.25, 0.3) is 0 Å². The smallest absolute Gasteiger partial charge is 0.237 e. The van der Waals surface area contributed by atoms with E-state index < -0.39 is 0 Å². The van der Waals surface area contributed by atoms with Crippen molar-refractivity contribution in [2.24, 2.45) is 0 Å².